The summed E-state index contributed by atoms with van der Waals surface area (Å²) < 4.78 is 0. The third kappa shape index (κ3) is 4.57. The summed E-state index contributed by atoms with van der Waals surface area (Å²) >= 11 is 4.87. The van der Waals surface area contributed by atoms with Gasteiger partial charge in [-0.05, 0) is 20.8 Å². The molecule has 1 unspecified atom stereocenters. The van der Waals surface area contributed by atoms with Crippen molar-refractivity contribution in [2.45, 2.75) is 32.9 Å². The molecule has 1 amide bonds. The van der Waals surface area contributed by atoms with Crippen molar-refractivity contribution in [1.82, 2.24) is 9.80 Å². The zero-order chi connectivity index (χ0) is 12.2. The first kappa shape index (κ1) is 14.3. The number of rotatable bonds is 5. The smallest absolute Gasteiger partial charge is 0.239 e. The molecule has 0 bridgehead atoms. The molecule has 0 aliphatic rings. The molecule has 0 fully saturated rings. The number of carbonyl (C=O) groups is 1. The SMILES string of the molecule is CC(C)N(CC(N)=S)C(C)C(=O)N(C)C. The van der Waals surface area contributed by atoms with Gasteiger partial charge >= 0.3 is 0 Å². The molecule has 0 spiro atoms. The molecule has 0 saturated carbocycles. The van der Waals surface area contributed by atoms with E-state index in [0.29, 0.717) is 11.5 Å². The molecule has 0 aliphatic carbocycles. The summed E-state index contributed by atoms with van der Waals surface area (Å²) in [7, 11) is 3.50. The number of likely N-dealkylation sites (N-methyl/N-ethyl adjacent to an activating group) is 1. The molecule has 0 radical (unpaired) electrons. The summed E-state index contributed by atoms with van der Waals surface area (Å²) in [5, 5.41) is 0. The van der Waals surface area contributed by atoms with E-state index in [0.717, 1.165) is 0 Å². The van der Waals surface area contributed by atoms with Crippen molar-refractivity contribution in [3.05, 3.63) is 0 Å². The highest BCUT2D eigenvalue weighted by atomic mass is 32.1. The fraction of sp³-hybridized carbons (Fsp3) is 0.800. The van der Waals surface area contributed by atoms with Gasteiger partial charge in [-0.2, -0.15) is 0 Å². The van der Waals surface area contributed by atoms with E-state index >= 15 is 0 Å². The minimum atomic E-state index is -0.193. The molecule has 0 aromatic heterocycles. The second-order valence-corrected chi connectivity index (χ2v) is 4.67. The van der Waals surface area contributed by atoms with Crippen LogP contribution in [0, 0.1) is 0 Å². The first-order valence-electron chi connectivity index (χ1n) is 5.02. The third-order valence-electron chi connectivity index (χ3n) is 2.30. The number of hydrogen-bond donors (Lipinski definition) is 1. The monoisotopic (exact) mass is 231 g/mol. The van der Waals surface area contributed by atoms with Crippen LogP contribution in [0.3, 0.4) is 0 Å². The van der Waals surface area contributed by atoms with Gasteiger partial charge in [0, 0.05) is 26.7 Å². The summed E-state index contributed by atoms with van der Waals surface area (Å²) in [6.07, 6.45) is 0. The van der Waals surface area contributed by atoms with Gasteiger partial charge in [-0.15, -0.1) is 0 Å². The Bertz CT molecular complexity index is 241. The zero-order valence-electron chi connectivity index (χ0n) is 10.2. The first-order chi connectivity index (χ1) is 6.77. The van der Waals surface area contributed by atoms with E-state index in [9.17, 15) is 4.79 Å². The van der Waals surface area contributed by atoms with E-state index in [1.165, 1.54) is 0 Å². The molecule has 0 saturated heterocycles. The summed E-state index contributed by atoms with van der Waals surface area (Å²) in [5.41, 5.74) is 5.51. The van der Waals surface area contributed by atoms with Gasteiger partial charge < -0.3 is 10.6 Å². The molecule has 0 rings (SSSR count). The molecule has 0 aromatic carbocycles. The Morgan fingerprint density at radius 1 is 1.33 bits per heavy atom. The van der Waals surface area contributed by atoms with E-state index in [1.54, 1.807) is 19.0 Å². The van der Waals surface area contributed by atoms with Crippen molar-refractivity contribution in [3.63, 3.8) is 0 Å². The maximum absolute atomic E-state index is 11.8. The van der Waals surface area contributed by atoms with Crippen molar-refractivity contribution in [3.8, 4) is 0 Å². The Kier molecular flexibility index (Phi) is 5.75. The first-order valence-corrected chi connectivity index (χ1v) is 5.43. The molecule has 2 N–H and O–H groups in total. The number of nitrogens with two attached hydrogens (primary N) is 1. The fourth-order valence-corrected chi connectivity index (χ4v) is 1.61. The normalized spacial score (nSPS) is 13.0. The number of carbonyl (C=O) groups excluding carboxylic acids is 1. The minimum Gasteiger partial charge on any atom is -0.392 e. The van der Waals surface area contributed by atoms with Crippen LogP contribution in [-0.4, -0.2) is 53.4 Å². The molecule has 0 heterocycles. The minimum absolute atomic E-state index is 0.0694. The maximum Gasteiger partial charge on any atom is 0.239 e. The fourth-order valence-electron chi connectivity index (χ4n) is 1.46. The van der Waals surface area contributed by atoms with Crippen molar-refractivity contribution in [1.29, 1.82) is 0 Å². The predicted octanol–water partition coefficient (Wildman–Crippen LogP) is 0.460. The second kappa shape index (κ2) is 6.02. The zero-order valence-corrected chi connectivity index (χ0v) is 11.0. The highest BCUT2D eigenvalue weighted by Crippen LogP contribution is 2.07. The molecule has 88 valence electrons. The molecule has 1 atom stereocenters. The maximum atomic E-state index is 11.8. The summed E-state index contributed by atoms with van der Waals surface area (Å²) in [5.74, 6) is 0.0694. The van der Waals surface area contributed by atoms with E-state index in [2.05, 4.69) is 0 Å². The molecule has 0 aliphatic heterocycles. The molecular formula is C10H21N3OS. The molecular weight excluding hydrogens is 210 g/mol. The van der Waals surface area contributed by atoms with Gasteiger partial charge in [0.05, 0.1) is 11.0 Å². The quantitative estimate of drug-likeness (QED) is 0.698. The summed E-state index contributed by atoms with van der Waals surface area (Å²) in [6, 6.07) is 0.0481. The Morgan fingerprint density at radius 2 is 1.80 bits per heavy atom. The van der Waals surface area contributed by atoms with E-state index in [4.69, 9.17) is 18.0 Å². The predicted molar refractivity (Wildman–Crippen MR) is 66.8 cm³/mol. The van der Waals surface area contributed by atoms with E-state index in [-0.39, 0.29) is 18.0 Å². The Balaban J connectivity index is 4.62. The highest BCUT2D eigenvalue weighted by molar-refractivity contribution is 7.80. The third-order valence-corrected chi connectivity index (χ3v) is 2.43. The van der Waals surface area contributed by atoms with Gasteiger partial charge in [0.25, 0.3) is 0 Å². The van der Waals surface area contributed by atoms with Crippen LogP contribution in [0.5, 0.6) is 0 Å². The molecule has 15 heavy (non-hydrogen) atoms. The topological polar surface area (TPSA) is 49.6 Å². The summed E-state index contributed by atoms with van der Waals surface area (Å²) in [4.78, 5) is 15.8. The van der Waals surface area contributed by atoms with Crippen LogP contribution in [0.1, 0.15) is 20.8 Å². The van der Waals surface area contributed by atoms with Crippen LogP contribution in [0.15, 0.2) is 0 Å². The highest BCUT2D eigenvalue weighted by Gasteiger charge is 2.24. The Labute approximate surface area is 97.4 Å². The van der Waals surface area contributed by atoms with Crippen LogP contribution in [0.2, 0.25) is 0 Å². The molecule has 5 heteroatoms. The van der Waals surface area contributed by atoms with Gasteiger partial charge in [-0.1, -0.05) is 12.2 Å². The largest absolute Gasteiger partial charge is 0.392 e. The molecule has 4 nitrogen and oxygen atoms in total. The van der Waals surface area contributed by atoms with E-state index < -0.39 is 0 Å². The van der Waals surface area contributed by atoms with Gasteiger partial charge in [0.15, 0.2) is 0 Å². The lowest BCUT2D eigenvalue weighted by Gasteiger charge is -2.32. The van der Waals surface area contributed by atoms with Crippen LogP contribution in [0.25, 0.3) is 0 Å². The van der Waals surface area contributed by atoms with Crippen LogP contribution >= 0.6 is 12.2 Å². The van der Waals surface area contributed by atoms with Gasteiger partial charge in [-0.25, -0.2) is 0 Å². The Morgan fingerprint density at radius 3 is 2.07 bits per heavy atom. The Hall–Kier alpha value is -0.680. The van der Waals surface area contributed by atoms with Crippen LogP contribution in [-0.2, 0) is 4.79 Å². The number of thiocarbonyl (C=S) groups is 1. The van der Waals surface area contributed by atoms with E-state index in [1.807, 2.05) is 25.7 Å². The van der Waals surface area contributed by atoms with Crippen LogP contribution in [0.4, 0.5) is 0 Å². The standard InChI is InChI=1S/C10H21N3OS/c1-7(2)13(6-9(11)15)8(3)10(14)12(4)5/h7-8H,6H2,1-5H3,(H2,11,15). The second-order valence-electron chi connectivity index (χ2n) is 4.14. The van der Waals surface area contributed by atoms with Crippen molar-refractivity contribution in [2.75, 3.05) is 20.6 Å². The lowest BCUT2D eigenvalue weighted by molar-refractivity contribution is -0.134. The van der Waals surface area contributed by atoms with Gasteiger partial charge in [0.2, 0.25) is 5.91 Å². The van der Waals surface area contributed by atoms with Crippen molar-refractivity contribution >= 4 is 23.1 Å². The number of nitrogens with zero attached hydrogens (tertiary/aromatic N) is 2. The number of amides is 1. The van der Waals surface area contributed by atoms with Crippen molar-refractivity contribution < 1.29 is 4.79 Å². The lowest BCUT2D eigenvalue weighted by Crippen LogP contribution is -2.50. The van der Waals surface area contributed by atoms with Gasteiger partial charge in [-0.3, -0.25) is 9.69 Å². The average molecular weight is 231 g/mol. The van der Waals surface area contributed by atoms with Crippen LogP contribution < -0.4 is 5.73 Å². The average Bonchev–Trinajstić information content (AvgIpc) is 2.10. The lowest BCUT2D eigenvalue weighted by atomic mass is 10.2. The van der Waals surface area contributed by atoms with Gasteiger partial charge in [0.1, 0.15) is 0 Å². The number of hydrogen-bond acceptors (Lipinski definition) is 3. The van der Waals surface area contributed by atoms with Crippen molar-refractivity contribution in [2.24, 2.45) is 5.73 Å². The molecule has 0 aromatic rings. The summed E-state index contributed by atoms with van der Waals surface area (Å²) in [6.45, 7) is 6.41.